The van der Waals surface area contributed by atoms with Gasteiger partial charge in [-0.05, 0) is 18.9 Å². The van der Waals surface area contributed by atoms with Crippen LogP contribution in [-0.2, 0) is 22.6 Å². The summed E-state index contributed by atoms with van der Waals surface area (Å²) in [4.78, 5) is 40.8. The molecule has 29 heavy (non-hydrogen) atoms. The van der Waals surface area contributed by atoms with E-state index in [1.807, 2.05) is 31.2 Å². The molecule has 1 aliphatic heterocycles. The molecule has 154 valence electrons. The van der Waals surface area contributed by atoms with Gasteiger partial charge >= 0.3 is 6.03 Å². The monoisotopic (exact) mass is 397 g/mol. The van der Waals surface area contributed by atoms with E-state index in [9.17, 15) is 14.4 Å². The lowest BCUT2D eigenvalue weighted by Crippen LogP contribution is -2.49. The van der Waals surface area contributed by atoms with Gasteiger partial charge in [-0.2, -0.15) is 0 Å². The molecule has 0 atom stereocenters. The van der Waals surface area contributed by atoms with E-state index in [1.165, 1.54) is 0 Å². The quantitative estimate of drug-likeness (QED) is 0.786. The average Bonchev–Trinajstić information content (AvgIpc) is 3.19. The number of aryl methyl sites for hydroxylation is 1. The molecule has 4 amide bonds. The summed E-state index contributed by atoms with van der Waals surface area (Å²) in [6, 6.07) is 7.30. The van der Waals surface area contributed by atoms with Gasteiger partial charge < -0.3 is 14.6 Å². The van der Waals surface area contributed by atoms with Crippen LogP contribution in [-0.4, -0.2) is 46.8 Å². The number of hydrogen-bond donors (Lipinski definition) is 1. The summed E-state index contributed by atoms with van der Waals surface area (Å²) in [5.74, 6) is 0.322. The Balaban J connectivity index is 1.48. The van der Waals surface area contributed by atoms with Crippen LogP contribution in [0.5, 0.6) is 0 Å². The van der Waals surface area contributed by atoms with Crippen LogP contribution in [0.1, 0.15) is 50.4 Å². The summed E-state index contributed by atoms with van der Waals surface area (Å²) in [5.41, 5.74) is 0.970. The molecule has 2 aliphatic rings. The molecule has 0 unspecified atom stereocenters. The van der Waals surface area contributed by atoms with Crippen LogP contribution in [0.2, 0.25) is 0 Å². The van der Waals surface area contributed by atoms with Crippen molar-refractivity contribution in [3.05, 3.63) is 35.6 Å². The van der Waals surface area contributed by atoms with E-state index in [1.54, 1.807) is 11.9 Å². The number of likely N-dealkylation sites (N-methyl/N-ethyl adjacent to an activating group) is 1. The number of urea groups is 1. The third-order valence-corrected chi connectivity index (χ3v) is 6.17. The number of para-hydroxylation sites is 1. The van der Waals surface area contributed by atoms with Gasteiger partial charge in [0.05, 0.1) is 0 Å². The van der Waals surface area contributed by atoms with E-state index >= 15 is 0 Å². The molecule has 7 nitrogen and oxygen atoms in total. The first kappa shape index (κ1) is 19.5. The number of nitrogens with zero attached hydrogens (tertiary/aromatic N) is 2. The number of carbonyl (C=O) groups excluding carboxylic acids is 3. The normalized spacial score (nSPS) is 18.5. The highest BCUT2D eigenvalue weighted by Gasteiger charge is 2.51. The molecule has 0 radical (unpaired) electrons. The summed E-state index contributed by atoms with van der Waals surface area (Å²) in [6.45, 7) is 2.15. The Hall–Kier alpha value is -2.83. The van der Waals surface area contributed by atoms with E-state index in [0.29, 0.717) is 19.4 Å². The van der Waals surface area contributed by atoms with Crippen molar-refractivity contribution in [1.29, 1.82) is 0 Å². The van der Waals surface area contributed by atoms with Crippen LogP contribution in [0, 0.1) is 0 Å². The predicted molar refractivity (Wildman–Crippen MR) is 108 cm³/mol. The standard InChI is InChI=1S/C22H27N3O4/c1-3-17-16(15-9-5-6-10-18(15)29-17)13-24(2)19(26)14-25-20(27)22(23-21(25)28)11-7-4-8-12-22/h5-6,9-10H,3-4,7-8,11-14H2,1-2H3,(H,23,28). The van der Waals surface area contributed by atoms with Crippen LogP contribution in [0.3, 0.4) is 0 Å². The van der Waals surface area contributed by atoms with Crippen molar-refractivity contribution in [3.8, 4) is 0 Å². The summed E-state index contributed by atoms with van der Waals surface area (Å²) in [5, 5.41) is 3.84. The zero-order valence-electron chi connectivity index (χ0n) is 17.0. The number of benzene rings is 1. The van der Waals surface area contributed by atoms with Gasteiger partial charge in [0.25, 0.3) is 5.91 Å². The molecule has 1 saturated heterocycles. The lowest BCUT2D eigenvalue weighted by atomic mass is 9.82. The fourth-order valence-electron chi connectivity index (χ4n) is 4.50. The zero-order chi connectivity index (χ0) is 20.6. The molecule has 4 rings (SSSR count). The van der Waals surface area contributed by atoms with E-state index < -0.39 is 11.6 Å². The Bertz CT molecular complexity index is 958. The zero-order valence-corrected chi connectivity index (χ0v) is 17.0. The van der Waals surface area contributed by atoms with Crippen molar-refractivity contribution in [2.75, 3.05) is 13.6 Å². The fraction of sp³-hybridized carbons (Fsp3) is 0.500. The first-order valence-electron chi connectivity index (χ1n) is 10.3. The molecule has 2 heterocycles. The van der Waals surface area contributed by atoms with Crippen LogP contribution in [0.4, 0.5) is 4.79 Å². The van der Waals surface area contributed by atoms with Gasteiger partial charge in [0.1, 0.15) is 23.4 Å². The Morgan fingerprint density at radius 3 is 2.66 bits per heavy atom. The highest BCUT2D eigenvalue weighted by Crippen LogP contribution is 2.33. The Morgan fingerprint density at radius 1 is 1.21 bits per heavy atom. The highest BCUT2D eigenvalue weighted by atomic mass is 16.3. The fourth-order valence-corrected chi connectivity index (χ4v) is 4.50. The first-order valence-corrected chi connectivity index (χ1v) is 10.3. The Labute approximate surface area is 170 Å². The summed E-state index contributed by atoms with van der Waals surface area (Å²) in [7, 11) is 1.69. The predicted octanol–water partition coefficient (Wildman–Crippen LogP) is 3.21. The van der Waals surface area contributed by atoms with E-state index in [2.05, 4.69) is 5.32 Å². The highest BCUT2D eigenvalue weighted by molar-refractivity contribution is 6.09. The number of furan rings is 1. The van der Waals surface area contributed by atoms with Crippen molar-refractivity contribution >= 4 is 28.8 Å². The van der Waals surface area contributed by atoms with Gasteiger partial charge in [-0.3, -0.25) is 14.5 Å². The molecule has 1 aromatic heterocycles. The lowest BCUT2D eigenvalue weighted by Gasteiger charge is -2.30. The van der Waals surface area contributed by atoms with Gasteiger partial charge in [0.2, 0.25) is 5.91 Å². The second-order valence-electron chi connectivity index (χ2n) is 8.07. The van der Waals surface area contributed by atoms with Crippen molar-refractivity contribution in [3.63, 3.8) is 0 Å². The third-order valence-electron chi connectivity index (χ3n) is 6.17. The molecule has 1 aliphatic carbocycles. The SMILES string of the molecule is CCc1oc2ccccc2c1CN(C)C(=O)CN1C(=O)NC2(CCCCC2)C1=O. The summed E-state index contributed by atoms with van der Waals surface area (Å²) in [6.07, 6.45) is 4.94. The maximum absolute atomic E-state index is 12.9. The van der Waals surface area contributed by atoms with E-state index in [4.69, 9.17) is 4.42 Å². The molecule has 1 aromatic carbocycles. The van der Waals surface area contributed by atoms with Crippen molar-refractivity contribution in [1.82, 2.24) is 15.1 Å². The molecular weight excluding hydrogens is 370 g/mol. The van der Waals surface area contributed by atoms with Gasteiger partial charge in [-0.25, -0.2) is 4.79 Å². The van der Waals surface area contributed by atoms with Crippen LogP contribution in [0.15, 0.2) is 28.7 Å². The second kappa shape index (κ2) is 7.54. The summed E-state index contributed by atoms with van der Waals surface area (Å²) >= 11 is 0. The van der Waals surface area contributed by atoms with Gasteiger partial charge in [-0.1, -0.05) is 44.4 Å². The average molecular weight is 397 g/mol. The molecular formula is C22H27N3O4. The van der Waals surface area contributed by atoms with E-state index in [-0.39, 0.29) is 18.4 Å². The molecule has 1 spiro atoms. The minimum absolute atomic E-state index is 0.236. The minimum atomic E-state index is -0.801. The largest absolute Gasteiger partial charge is 0.461 e. The molecule has 2 fully saturated rings. The van der Waals surface area contributed by atoms with Crippen LogP contribution in [0.25, 0.3) is 11.0 Å². The Morgan fingerprint density at radius 2 is 1.93 bits per heavy atom. The van der Waals surface area contributed by atoms with Crippen LogP contribution < -0.4 is 5.32 Å². The summed E-state index contributed by atoms with van der Waals surface area (Å²) < 4.78 is 5.91. The number of carbonyl (C=O) groups is 3. The molecule has 2 aromatic rings. The van der Waals surface area contributed by atoms with E-state index in [0.717, 1.165) is 52.9 Å². The van der Waals surface area contributed by atoms with Crippen molar-refractivity contribution < 1.29 is 18.8 Å². The maximum atomic E-state index is 12.9. The number of rotatable bonds is 5. The number of imide groups is 1. The number of hydrogen-bond acceptors (Lipinski definition) is 4. The third kappa shape index (κ3) is 3.39. The van der Waals surface area contributed by atoms with Crippen LogP contribution >= 0.6 is 0 Å². The lowest BCUT2D eigenvalue weighted by molar-refractivity contribution is -0.139. The van der Waals surface area contributed by atoms with Gasteiger partial charge in [-0.15, -0.1) is 0 Å². The smallest absolute Gasteiger partial charge is 0.325 e. The van der Waals surface area contributed by atoms with Crippen molar-refractivity contribution in [2.45, 2.75) is 57.5 Å². The number of fused-ring (bicyclic) bond motifs is 1. The minimum Gasteiger partial charge on any atom is -0.461 e. The number of nitrogens with one attached hydrogen (secondary N) is 1. The molecule has 7 heteroatoms. The Kier molecular flexibility index (Phi) is 5.06. The maximum Gasteiger partial charge on any atom is 0.325 e. The topological polar surface area (TPSA) is 82.9 Å². The molecule has 0 bridgehead atoms. The van der Waals surface area contributed by atoms with Gasteiger partial charge in [0, 0.05) is 31.0 Å². The first-order chi connectivity index (χ1) is 13.9. The van der Waals surface area contributed by atoms with Crippen molar-refractivity contribution in [2.24, 2.45) is 0 Å². The van der Waals surface area contributed by atoms with Gasteiger partial charge in [0.15, 0.2) is 0 Å². The second-order valence-corrected chi connectivity index (χ2v) is 8.07. The molecule has 1 saturated carbocycles. The molecule has 1 N–H and O–H groups in total. The number of amides is 4.